The van der Waals surface area contributed by atoms with Crippen LogP contribution in [0.15, 0.2) is 0 Å². The maximum Gasteiger partial charge on any atom is 0.0852 e. The zero-order valence-electron chi connectivity index (χ0n) is 7.63. The molecule has 66 valence electrons. The second kappa shape index (κ2) is 3.28. The van der Waals surface area contributed by atoms with E-state index in [1.165, 1.54) is 0 Å². The van der Waals surface area contributed by atoms with Crippen LogP contribution in [0.5, 0.6) is 0 Å². The van der Waals surface area contributed by atoms with Crippen molar-refractivity contribution in [1.82, 2.24) is 5.32 Å². The van der Waals surface area contributed by atoms with Gasteiger partial charge in [0.25, 0.3) is 0 Å². The van der Waals surface area contributed by atoms with Gasteiger partial charge in [-0.15, -0.1) is 0 Å². The molecule has 2 atom stereocenters. The lowest BCUT2D eigenvalue weighted by molar-refractivity contribution is 0.400. The summed E-state index contributed by atoms with van der Waals surface area (Å²) < 4.78 is 11.8. The first-order chi connectivity index (χ1) is 5.02. The third kappa shape index (κ3) is 2.31. The van der Waals surface area contributed by atoms with Gasteiger partial charge in [0, 0.05) is 5.66 Å². The van der Waals surface area contributed by atoms with Crippen molar-refractivity contribution in [2.24, 2.45) is 5.92 Å². The van der Waals surface area contributed by atoms with Gasteiger partial charge in [-0.2, -0.15) is 0 Å². The first-order valence-corrected chi connectivity index (χ1v) is 6.94. The number of piperidine rings is 1. The van der Waals surface area contributed by atoms with Crippen molar-refractivity contribution in [2.75, 3.05) is 26.4 Å². The van der Waals surface area contributed by atoms with Crippen molar-refractivity contribution >= 4 is 7.14 Å². The molecule has 11 heavy (non-hydrogen) atoms. The van der Waals surface area contributed by atoms with Crippen LogP contribution < -0.4 is 5.32 Å². The van der Waals surface area contributed by atoms with Gasteiger partial charge in [-0.25, -0.2) is 0 Å². The van der Waals surface area contributed by atoms with Gasteiger partial charge in [-0.3, -0.25) is 0 Å². The van der Waals surface area contributed by atoms with Gasteiger partial charge in [-0.1, -0.05) is 6.92 Å². The average Bonchev–Trinajstić information content (AvgIpc) is 1.86. The van der Waals surface area contributed by atoms with Crippen molar-refractivity contribution in [3.8, 4) is 0 Å². The number of rotatable bonds is 1. The van der Waals surface area contributed by atoms with E-state index in [-0.39, 0.29) is 0 Å². The molecule has 3 heteroatoms. The van der Waals surface area contributed by atoms with E-state index in [0.29, 0.717) is 11.6 Å². The van der Waals surface area contributed by atoms with E-state index >= 15 is 0 Å². The third-order valence-corrected chi connectivity index (χ3v) is 4.90. The Bertz CT molecular complexity index is 175. The van der Waals surface area contributed by atoms with Gasteiger partial charge in [0.05, 0.1) is 7.14 Å². The third-order valence-electron chi connectivity index (χ3n) is 2.54. The molecule has 1 saturated heterocycles. The molecule has 1 aliphatic heterocycles. The van der Waals surface area contributed by atoms with Gasteiger partial charge in [0.15, 0.2) is 0 Å². The molecule has 1 N–H and O–H groups in total. The Morgan fingerprint density at radius 1 is 1.45 bits per heavy atom. The van der Waals surface area contributed by atoms with Gasteiger partial charge in [0.1, 0.15) is 0 Å². The summed E-state index contributed by atoms with van der Waals surface area (Å²) in [4.78, 5) is 0. The first kappa shape index (κ1) is 9.28. The topological polar surface area (TPSA) is 29.1 Å². The van der Waals surface area contributed by atoms with Gasteiger partial charge in [0.2, 0.25) is 0 Å². The fourth-order valence-electron chi connectivity index (χ4n) is 1.92. The van der Waals surface area contributed by atoms with Crippen LogP contribution in [0.1, 0.15) is 13.3 Å². The fraction of sp³-hybridized carbons (Fsp3) is 1.00. The fourth-order valence-corrected chi connectivity index (χ4v) is 4.01. The van der Waals surface area contributed by atoms with Crippen molar-refractivity contribution in [2.45, 2.75) is 19.0 Å². The minimum Gasteiger partial charge on any atom is -0.324 e. The molecule has 2 unspecified atom stereocenters. The van der Waals surface area contributed by atoms with Crippen LogP contribution in [0, 0.1) is 5.92 Å². The maximum atomic E-state index is 11.8. The number of hydrogen-bond acceptors (Lipinski definition) is 2. The zero-order chi connectivity index (χ0) is 8.48. The van der Waals surface area contributed by atoms with Crippen molar-refractivity contribution in [3.63, 3.8) is 0 Å². The monoisotopic (exact) mass is 175 g/mol. The zero-order valence-corrected chi connectivity index (χ0v) is 8.53. The van der Waals surface area contributed by atoms with Crippen molar-refractivity contribution in [1.29, 1.82) is 0 Å². The van der Waals surface area contributed by atoms with E-state index in [0.717, 1.165) is 19.5 Å². The summed E-state index contributed by atoms with van der Waals surface area (Å²) >= 11 is 0. The average molecular weight is 175 g/mol. The lowest BCUT2D eigenvalue weighted by atomic mass is 10.0. The summed E-state index contributed by atoms with van der Waals surface area (Å²) in [5, 5.41) is 3.32. The Labute approximate surface area is 69.1 Å². The molecule has 0 aromatic heterocycles. The predicted molar refractivity (Wildman–Crippen MR) is 49.9 cm³/mol. The normalized spacial score (nSPS) is 33.7. The maximum absolute atomic E-state index is 11.8. The predicted octanol–water partition coefficient (Wildman–Crippen LogP) is 1.61. The standard InChI is InChI=1S/C8H18NOP/c1-7-6-9-5-4-8(7)11(2,3)10/h7-9H,4-6H2,1-3H3. The molecule has 0 spiro atoms. The van der Waals surface area contributed by atoms with Crippen molar-refractivity contribution in [3.05, 3.63) is 0 Å². The summed E-state index contributed by atoms with van der Waals surface area (Å²) in [6.07, 6.45) is 1.09. The molecule has 0 radical (unpaired) electrons. The van der Waals surface area contributed by atoms with Crippen LogP contribution in [0.4, 0.5) is 0 Å². The summed E-state index contributed by atoms with van der Waals surface area (Å²) in [7, 11) is -1.84. The second-order valence-corrected chi connectivity index (χ2v) is 7.50. The van der Waals surface area contributed by atoms with E-state index in [9.17, 15) is 4.57 Å². The molecule has 0 aliphatic carbocycles. The molecule has 0 amide bonds. The van der Waals surface area contributed by atoms with E-state index in [4.69, 9.17) is 0 Å². The SMILES string of the molecule is CC1CNCCC1P(C)(C)=O. The summed E-state index contributed by atoms with van der Waals surface area (Å²) in [6, 6.07) is 0. The summed E-state index contributed by atoms with van der Waals surface area (Å²) in [5.41, 5.74) is 0.462. The van der Waals surface area contributed by atoms with Gasteiger partial charge >= 0.3 is 0 Å². The molecule has 1 heterocycles. The highest BCUT2D eigenvalue weighted by molar-refractivity contribution is 7.63. The molecule has 1 rings (SSSR count). The molecule has 0 aromatic carbocycles. The molecular weight excluding hydrogens is 157 g/mol. The van der Waals surface area contributed by atoms with E-state index in [1.54, 1.807) is 0 Å². The molecule has 0 aromatic rings. The lowest BCUT2D eigenvalue weighted by Gasteiger charge is -2.32. The van der Waals surface area contributed by atoms with E-state index < -0.39 is 7.14 Å². The largest absolute Gasteiger partial charge is 0.324 e. The quantitative estimate of drug-likeness (QED) is 0.613. The van der Waals surface area contributed by atoms with Crippen LogP contribution in [0.2, 0.25) is 0 Å². The Hall–Kier alpha value is 0.190. The van der Waals surface area contributed by atoms with Crippen LogP contribution in [-0.4, -0.2) is 32.1 Å². The summed E-state index contributed by atoms with van der Waals surface area (Å²) in [6.45, 7) is 8.10. The molecule has 0 bridgehead atoms. The minimum atomic E-state index is -1.84. The summed E-state index contributed by atoms with van der Waals surface area (Å²) in [5.74, 6) is 0.588. The highest BCUT2D eigenvalue weighted by atomic mass is 31.2. The second-order valence-electron chi connectivity index (χ2n) is 3.97. The van der Waals surface area contributed by atoms with Crippen LogP contribution in [0.25, 0.3) is 0 Å². The van der Waals surface area contributed by atoms with Crippen molar-refractivity contribution < 1.29 is 4.57 Å². The van der Waals surface area contributed by atoms with E-state index in [1.807, 2.05) is 13.3 Å². The smallest absolute Gasteiger partial charge is 0.0852 e. The van der Waals surface area contributed by atoms with Crippen LogP contribution in [-0.2, 0) is 4.57 Å². The Morgan fingerprint density at radius 2 is 2.09 bits per heavy atom. The minimum absolute atomic E-state index is 0.462. The molecule has 0 saturated carbocycles. The molecular formula is C8H18NOP. The van der Waals surface area contributed by atoms with Crippen LogP contribution >= 0.6 is 7.14 Å². The Balaban J connectivity index is 2.62. The Morgan fingerprint density at radius 3 is 2.45 bits per heavy atom. The molecule has 1 fully saturated rings. The van der Waals surface area contributed by atoms with Gasteiger partial charge < -0.3 is 9.88 Å². The highest BCUT2D eigenvalue weighted by Gasteiger charge is 2.30. The highest BCUT2D eigenvalue weighted by Crippen LogP contribution is 2.48. The van der Waals surface area contributed by atoms with Gasteiger partial charge in [-0.05, 0) is 38.8 Å². The first-order valence-electron chi connectivity index (χ1n) is 4.27. The molecule has 2 nitrogen and oxygen atoms in total. The Kier molecular flexibility index (Phi) is 2.77. The van der Waals surface area contributed by atoms with E-state index in [2.05, 4.69) is 12.2 Å². The molecule has 1 aliphatic rings. The number of hydrogen-bond donors (Lipinski definition) is 1. The lowest BCUT2D eigenvalue weighted by Crippen LogP contribution is -2.37. The van der Waals surface area contributed by atoms with Crippen LogP contribution in [0.3, 0.4) is 0 Å². The number of nitrogens with one attached hydrogen (secondary N) is 1.